The van der Waals surface area contributed by atoms with Gasteiger partial charge in [0, 0.05) is 5.02 Å². The van der Waals surface area contributed by atoms with Crippen molar-refractivity contribution in [2.45, 2.75) is 31.0 Å². The summed E-state index contributed by atoms with van der Waals surface area (Å²) in [5.74, 6) is 0. The number of hydroxylamine groups is 2. The summed E-state index contributed by atoms with van der Waals surface area (Å²) in [7, 11) is 0. The first-order valence-corrected chi connectivity index (χ1v) is 9.82. The molecule has 3 aromatic rings. The van der Waals surface area contributed by atoms with Crippen LogP contribution in [0, 0.1) is 0 Å². The summed E-state index contributed by atoms with van der Waals surface area (Å²) in [5, 5.41) is 13.7. The molecule has 4 heteroatoms. The van der Waals surface area contributed by atoms with Gasteiger partial charge in [0.2, 0.25) is 0 Å². The second kappa shape index (κ2) is 7.34. The first-order valence-electron chi connectivity index (χ1n) is 9.44. The number of rotatable bonds is 6. The van der Waals surface area contributed by atoms with Crippen LogP contribution in [-0.4, -0.2) is 16.9 Å². The number of hydrogen-bond donors (Lipinski definition) is 1. The van der Waals surface area contributed by atoms with Gasteiger partial charge in [-0.25, -0.2) is 0 Å². The van der Waals surface area contributed by atoms with E-state index in [-0.39, 0.29) is 6.04 Å². The molecule has 3 aromatic carbocycles. The van der Waals surface area contributed by atoms with Gasteiger partial charge in [0.15, 0.2) is 0 Å². The van der Waals surface area contributed by atoms with E-state index < -0.39 is 11.1 Å². The van der Waals surface area contributed by atoms with Gasteiger partial charge < -0.3 is 9.94 Å². The molecule has 144 valence electrons. The Morgan fingerprint density at radius 3 is 2.00 bits per heavy atom. The maximum Gasteiger partial charge on any atom is 0.138 e. The van der Waals surface area contributed by atoms with Crippen LogP contribution in [0.25, 0.3) is 0 Å². The molecule has 0 saturated carbocycles. The first kappa shape index (κ1) is 19.2. The molecule has 0 bridgehead atoms. The maximum atomic E-state index is 11.6. The van der Waals surface area contributed by atoms with E-state index in [1.54, 1.807) is 0 Å². The summed E-state index contributed by atoms with van der Waals surface area (Å²) in [6.45, 7) is 4.59. The van der Waals surface area contributed by atoms with Gasteiger partial charge in [0.25, 0.3) is 0 Å². The Kier molecular flexibility index (Phi) is 5.02. The molecule has 1 heterocycles. The van der Waals surface area contributed by atoms with Crippen LogP contribution < -0.4 is 0 Å². The molecule has 28 heavy (non-hydrogen) atoms. The van der Waals surface area contributed by atoms with Gasteiger partial charge in [-0.1, -0.05) is 84.4 Å². The highest BCUT2D eigenvalue weighted by atomic mass is 35.5. The summed E-state index contributed by atoms with van der Waals surface area (Å²) in [4.78, 5) is 0. The quantitative estimate of drug-likeness (QED) is 0.416. The second-order valence-corrected chi connectivity index (χ2v) is 8.20. The number of nitrogens with zero attached hydrogens (tertiary/aromatic N) is 1. The summed E-state index contributed by atoms with van der Waals surface area (Å²) in [6.07, 6.45) is 0. The van der Waals surface area contributed by atoms with Crippen LogP contribution in [0.3, 0.4) is 0 Å². The molecule has 0 spiro atoms. The Morgan fingerprint density at radius 1 is 0.929 bits per heavy atom. The molecule has 3 nitrogen and oxygen atoms in total. The molecule has 1 aliphatic heterocycles. The van der Waals surface area contributed by atoms with E-state index in [9.17, 15) is 5.21 Å². The summed E-state index contributed by atoms with van der Waals surface area (Å²) in [5.41, 5.74) is 1.81. The molecule has 0 unspecified atom stereocenters. The van der Waals surface area contributed by atoms with Crippen LogP contribution >= 0.6 is 11.6 Å². The van der Waals surface area contributed by atoms with Crippen molar-refractivity contribution < 1.29 is 9.94 Å². The summed E-state index contributed by atoms with van der Waals surface area (Å²) < 4.78 is 6.05. The first-order chi connectivity index (χ1) is 13.4. The third-order valence-electron chi connectivity index (χ3n) is 5.64. The smallest absolute Gasteiger partial charge is 0.138 e. The van der Waals surface area contributed by atoms with Crippen molar-refractivity contribution in [1.29, 1.82) is 0 Å². The van der Waals surface area contributed by atoms with E-state index in [1.165, 1.54) is 5.06 Å². The van der Waals surface area contributed by atoms with Crippen LogP contribution in [0.1, 0.15) is 36.6 Å². The number of epoxide rings is 1. The van der Waals surface area contributed by atoms with Crippen LogP contribution in [-0.2, 0) is 15.9 Å². The molecule has 1 saturated heterocycles. The average Bonchev–Trinajstić information content (AvgIpc) is 3.52. The molecule has 1 fully saturated rings. The van der Waals surface area contributed by atoms with Crippen LogP contribution in [0.4, 0.5) is 0 Å². The topological polar surface area (TPSA) is 36.0 Å². The van der Waals surface area contributed by atoms with Gasteiger partial charge in [0.05, 0.1) is 18.2 Å². The molecular formula is C24H24ClNO2. The van der Waals surface area contributed by atoms with Gasteiger partial charge in [0.1, 0.15) is 5.60 Å². The Labute approximate surface area is 171 Å². The Morgan fingerprint density at radius 2 is 1.46 bits per heavy atom. The Balaban J connectivity index is 1.81. The van der Waals surface area contributed by atoms with Crippen LogP contribution in [0.5, 0.6) is 0 Å². The van der Waals surface area contributed by atoms with Crippen molar-refractivity contribution in [3.8, 4) is 0 Å². The van der Waals surface area contributed by atoms with E-state index in [2.05, 4.69) is 12.1 Å². The SMILES string of the molecule is CC(C)(c1ccccc1)N(O)[C@@H](c1ccc(Cl)cc1)[C@]1(c2ccccc2)CO1. The van der Waals surface area contributed by atoms with Gasteiger partial charge in [-0.05, 0) is 42.7 Å². The van der Waals surface area contributed by atoms with Crippen LogP contribution in [0.2, 0.25) is 5.02 Å². The fourth-order valence-electron chi connectivity index (χ4n) is 3.83. The Hall–Kier alpha value is -2.17. The molecule has 0 amide bonds. The minimum absolute atomic E-state index is 0.387. The predicted octanol–water partition coefficient (Wildman–Crippen LogP) is 5.93. The van der Waals surface area contributed by atoms with Gasteiger partial charge in [-0.3, -0.25) is 0 Å². The minimum Gasteiger partial charge on any atom is -0.362 e. The highest BCUT2D eigenvalue weighted by Crippen LogP contribution is 2.53. The van der Waals surface area contributed by atoms with Crippen molar-refractivity contribution in [1.82, 2.24) is 5.06 Å². The van der Waals surface area contributed by atoms with Crippen molar-refractivity contribution in [2.24, 2.45) is 0 Å². The average molecular weight is 394 g/mol. The molecule has 0 aromatic heterocycles. The van der Waals surface area contributed by atoms with Gasteiger partial charge >= 0.3 is 0 Å². The monoisotopic (exact) mass is 393 g/mol. The van der Waals surface area contributed by atoms with Gasteiger partial charge in [-0.15, -0.1) is 0 Å². The zero-order chi connectivity index (χ0) is 19.8. The molecule has 0 aliphatic carbocycles. The van der Waals surface area contributed by atoms with E-state index >= 15 is 0 Å². The highest BCUT2D eigenvalue weighted by Gasteiger charge is 2.58. The number of halogens is 1. The van der Waals surface area contributed by atoms with Crippen molar-refractivity contribution in [2.75, 3.05) is 6.61 Å². The largest absolute Gasteiger partial charge is 0.362 e. The lowest BCUT2D eigenvalue weighted by Crippen LogP contribution is -2.46. The molecule has 1 aliphatic rings. The predicted molar refractivity (Wildman–Crippen MR) is 111 cm³/mol. The summed E-state index contributed by atoms with van der Waals surface area (Å²) in [6, 6.07) is 27.4. The van der Waals surface area contributed by atoms with E-state index in [1.807, 2.05) is 86.6 Å². The fraction of sp³-hybridized carbons (Fsp3) is 0.250. The Bertz CT molecular complexity index is 922. The number of hydrogen-bond acceptors (Lipinski definition) is 3. The normalized spacial score (nSPS) is 20.2. The highest BCUT2D eigenvalue weighted by molar-refractivity contribution is 6.30. The van der Waals surface area contributed by atoms with E-state index in [0.29, 0.717) is 11.6 Å². The number of ether oxygens (including phenoxy) is 1. The third kappa shape index (κ3) is 3.36. The minimum atomic E-state index is -0.626. The lowest BCUT2D eigenvalue weighted by molar-refractivity contribution is -0.215. The molecular weight excluding hydrogens is 370 g/mol. The van der Waals surface area contributed by atoms with Crippen molar-refractivity contribution in [3.63, 3.8) is 0 Å². The fourth-order valence-corrected chi connectivity index (χ4v) is 3.96. The standard InChI is InChI=1S/C24H24ClNO2/c1-23(2,19-9-5-3-6-10-19)26(27)22(18-13-15-21(25)16-14-18)24(17-28-24)20-11-7-4-8-12-20/h3-16,22,27H,17H2,1-2H3/t22-,24+/m0/s1. The van der Waals surface area contributed by atoms with Crippen molar-refractivity contribution in [3.05, 3.63) is 107 Å². The molecule has 4 rings (SSSR count). The second-order valence-electron chi connectivity index (χ2n) is 7.77. The van der Waals surface area contributed by atoms with E-state index in [0.717, 1.165) is 16.7 Å². The van der Waals surface area contributed by atoms with E-state index in [4.69, 9.17) is 16.3 Å². The zero-order valence-corrected chi connectivity index (χ0v) is 16.8. The third-order valence-corrected chi connectivity index (χ3v) is 5.89. The molecule has 0 radical (unpaired) electrons. The van der Waals surface area contributed by atoms with Gasteiger partial charge in [-0.2, -0.15) is 5.06 Å². The summed E-state index contributed by atoms with van der Waals surface area (Å²) >= 11 is 6.12. The van der Waals surface area contributed by atoms with Crippen molar-refractivity contribution >= 4 is 11.6 Å². The lowest BCUT2D eigenvalue weighted by Gasteiger charge is -2.42. The lowest BCUT2D eigenvalue weighted by atomic mass is 9.83. The number of benzene rings is 3. The zero-order valence-electron chi connectivity index (χ0n) is 16.0. The maximum absolute atomic E-state index is 11.6. The molecule has 2 atom stereocenters. The van der Waals surface area contributed by atoms with Crippen LogP contribution in [0.15, 0.2) is 84.9 Å². The molecule has 1 N–H and O–H groups in total.